The molecule has 0 radical (unpaired) electrons. The zero-order chi connectivity index (χ0) is 12.9. The molecule has 0 bridgehead atoms. The molecule has 0 aliphatic rings. The highest BCUT2D eigenvalue weighted by molar-refractivity contribution is 5.94. The Morgan fingerprint density at radius 2 is 1.53 bits per heavy atom. The van der Waals surface area contributed by atoms with Crippen molar-refractivity contribution in [2.45, 2.75) is 5.54 Å². The number of hydrogen-bond donors (Lipinski definition) is 5. The van der Waals surface area contributed by atoms with E-state index in [1.165, 1.54) is 24.3 Å². The van der Waals surface area contributed by atoms with E-state index in [9.17, 15) is 4.79 Å². The highest BCUT2D eigenvalue weighted by atomic mass is 16.3. The molecule has 5 N–H and O–H groups in total. The topological polar surface area (TPSA) is 110 Å². The molecule has 6 heteroatoms. The largest absolute Gasteiger partial charge is 0.508 e. The summed E-state index contributed by atoms with van der Waals surface area (Å²) >= 11 is 0. The molecule has 0 saturated carbocycles. The van der Waals surface area contributed by atoms with Gasteiger partial charge in [-0.1, -0.05) is 0 Å². The fourth-order valence-corrected chi connectivity index (χ4v) is 1.19. The molecule has 0 fully saturated rings. The summed E-state index contributed by atoms with van der Waals surface area (Å²) in [6.45, 7) is -1.74. The number of benzene rings is 1. The number of carbonyl (C=O) groups is 1. The van der Waals surface area contributed by atoms with Gasteiger partial charge in [0.15, 0.2) is 0 Å². The van der Waals surface area contributed by atoms with Crippen molar-refractivity contribution in [2.75, 3.05) is 19.8 Å². The standard InChI is InChI=1S/C11H15NO5/c13-5-11(6-14,7-15)12-10(17)8-1-3-9(16)4-2-8/h1-4,13-16H,5-7H2,(H,12,17). The lowest BCUT2D eigenvalue weighted by Gasteiger charge is -2.28. The van der Waals surface area contributed by atoms with Crippen molar-refractivity contribution in [2.24, 2.45) is 0 Å². The maximum absolute atomic E-state index is 11.7. The number of phenolic OH excluding ortho intramolecular Hbond substituents is 1. The summed E-state index contributed by atoms with van der Waals surface area (Å²) in [5.74, 6) is -0.526. The lowest BCUT2D eigenvalue weighted by Crippen LogP contribution is -2.57. The number of rotatable bonds is 5. The average Bonchev–Trinajstić information content (AvgIpc) is 2.37. The van der Waals surface area contributed by atoms with Crippen LogP contribution in [0.25, 0.3) is 0 Å². The fourth-order valence-electron chi connectivity index (χ4n) is 1.19. The number of carbonyl (C=O) groups excluding carboxylic acids is 1. The molecule has 0 aliphatic heterocycles. The summed E-state index contributed by atoms with van der Waals surface area (Å²) in [5.41, 5.74) is -1.20. The normalized spacial score (nSPS) is 11.2. The first-order chi connectivity index (χ1) is 8.06. The van der Waals surface area contributed by atoms with Crippen molar-refractivity contribution in [3.05, 3.63) is 29.8 Å². The Kier molecular flexibility index (Phi) is 4.45. The third-order valence-corrected chi connectivity index (χ3v) is 2.42. The molecule has 0 aliphatic carbocycles. The van der Waals surface area contributed by atoms with Crippen LogP contribution in [0.4, 0.5) is 0 Å². The minimum absolute atomic E-state index is 0.0271. The second-order valence-electron chi connectivity index (χ2n) is 3.76. The van der Waals surface area contributed by atoms with E-state index in [2.05, 4.69) is 5.32 Å². The first-order valence-corrected chi connectivity index (χ1v) is 5.01. The van der Waals surface area contributed by atoms with E-state index in [1.807, 2.05) is 0 Å². The third-order valence-electron chi connectivity index (χ3n) is 2.42. The molecule has 0 atom stereocenters. The van der Waals surface area contributed by atoms with E-state index in [0.29, 0.717) is 0 Å². The van der Waals surface area contributed by atoms with Gasteiger partial charge in [-0.05, 0) is 24.3 Å². The van der Waals surface area contributed by atoms with Crippen LogP contribution in [0.2, 0.25) is 0 Å². The van der Waals surface area contributed by atoms with Crippen molar-refractivity contribution in [1.82, 2.24) is 5.32 Å². The second-order valence-corrected chi connectivity index (χ2v) is 3.76. The van der Waals surface area contributed by atoms with E-state index in [1.54, 1.807) is 0 Å². The Bertz CT molecular complexity index is 364. The van der Waals surface area contributed by atoms with Crippen LogP contribution in [0.1, 0.15) is 10.4 Å². The summed E-state index contributed by atoms with van der Waals surface area (Å²) in [6.07, 6.45) is 0. The first-order valence-electron chi connectivity index (χ1n) is 5.01. The van der Waals surface area contributed by atoms with E-state index < -0.39 is 31.3 Å². The van der Waals surface area contributed by atoms with Gasteiger partial charge in [0.05, 0.1) is 19.8 Å². The maximum Gasteiger partial charge on any atom is 0.251 e. The Morgan fingerprint density at radius 3 is 1.94 bits per heavy atom. The number of aliphatic hydroxyl groups is 3. The molecule has 0 heterocycles. The van der Waals surface area contributed by atoms with Crippen LogP contribution in [-0.4, -0.2) is 51.7 Å². The van der Waals surface area contributed by atoms with E-state index >= 15 is 0 Å². The molecule has 1 aromatic carbocycles. The van der Waals surface area contributed by atoms with Gasteiger partial charge >= 0.3 is 0 Å². The van der Waals surface area contributed by atoms with Crippen LogP contribution in [0.3, 0.4) is 0 Å². The Hall–Kier alpha value is -1.63. The highest BCUT2D eigenvalue weighted by Crippen LogP contribution is 2.11. The Labute approximate surface area is 98.1 Å². The number of aromatic hydroxyl groups is 1. The Balaban J connectivity index is 2.81. The number of amides is 1. The van der Waals surface area contributed by atoms with Gasteiger partial charge in [-0.25, -0.2) is 0 Å². The SMILES string of the molecule is O=C(NC(CO)(CO)CO)c1ccc(O)cc1. The third kappa shape index (κ3) is 3.16. The van der Waals surface area contributed by atoms with Crippen molar-refractivity contribution >= 4 is 5.91 Å². The van der Waals surface area contributed by atoms with Crippen LogP contribution in [0.15, 0.2) is 24.3 Å². The average molecular weight is 241 g/mol. The lowest BCUT2D eigenvalue weighted by molar-refractivity contribution is 0.0375. The second kappa shape index (κ2) is 5.62. The van der Waals surface area contributed by atoms with Crippen LogP contribution in [-0.2, 0) is 0 Å². The molecule has 6 nitrogen and oxygen atoms in total. The summed E-state index contributed by atoms with van der Waals surface area (Å²) in [4.78, 5) is 11.7. The molecule has 0 aromatic heterocycles. The van der Waals surface area contributed by atoms with E-state index in [0.717, 1.165) is 0 Å². The molecule has 1 aromatic rings. The van der Waals surface area contributed by atoms with Gasteiger partial charge in [-0.2, -0.15) is 0 Å². The summed E-state index contributed by atoms with van der Waals surface area (Å²) in [6, 6.07) is 5.46. The summed E-state index contributed by atoms with van der Waals surface area (Å²) in [5, 5.41) is 38.5. The van der Waals surface area contributed by atoms with E-state index in [4.69, 9.17) is 20.4 Å². The number of aliphatic hydroxyl groups excluding tert-OH is 3. The van der Waals surface area contributed by atoms with Gasteiger partial charge in [-0.15, -0.1) is 0 Å². The quantitative estimate of drug-likeness (QED) is 0.446. The molecule has 1 amide bonds. The molecule has 1 rings (SSSR count). The molecular formula is C11H15NO5. The van der Waals surface area contributed by atoms with Gasteiger partial charge in [0.1, 0.15) is 11.3 Å². The molecule has 17 heavy (non-hydrogen) atoms. The number of phenols is 1. The number of nitrogens with one attached hydrogen (secondary N) is 1. The van der Waals surface area contributed by atoms with Gasteiger partial charge in [0, 0.05) is 5.56 Å². The molecule has 94 valence electrons. The fraction of sp³-hybridized carbons (Fsp3) is 0.364. The van der Waals surface area contributed by atoms with Gasteiger partial charge in [-0.3, -0.25) is 4.79 Å². The van der Waals surface area contributed by atoms with E-state index in [-0.39, 0.29) is 11.3 Å². The van der Waals surface area contributed by atoms with Crippen LogP contribution in [0.5, 0.6) is 5.75 Å². The minimum atomic E-state index is -1.45. The predicted octanol–water partition coefficient (Wildman–Crippen LogP) is -1.16. The maximum atomic E-state index is 11.7. The van der Waals surface area contributed by atoms with Crippen molar-refractivity contribution in [1.29, 1.82) is 0 Å². The zero-order valence-electron chi connectivity index (χ0n) is 9.13. The van der Waals surface area contributed by atoms with Crippen molar-refractivity contribution < 1.29 is 25.2 Å². The summed E-state index contributed by atoms with van der Waals surface area (Å²) in [7, 11) is 0. The molecular weight excluding hydrogens is 226 g/mol. The summed E-state index contributed by atoms with van der Waals surface area (Å²) < 4.78 is 0. The molecule has 0 saturated heterocycles. The van der Waals surface area contributed by atoms with Crippen LogP contribution in [0, 0.1) is 0 Å². The minimum Gasteiger partial charge on any atom is -0.508 e. The first kappa shape index (κ1) is 13.4. The predicted molar refractivity (Wildman–Crippen MR) is 59.6 cm³/mol. The van der Waals surface area contributed by atoms with Gasteiger partial charge in [0.25, 0.3) is 5.91 Å². The monoisotopic (exact) mass is 241 g/mol. The van der Waals surface area contributed by atoms with Crippen LogP contribution < -0.4 is 5.32 Å². The van der Waals surface area contributed by atoms with Gasteiger partial charge < -0.3 is 25.7 Å². The van der Waals surface area contributed by atoms with Crippen LogP contribution >= 0.6 is 0 Å². The zero-order valence-corrected chi connectivity index (χ0v) is 9.13. The number of hydrogen-bond acceptors (Lipinski definition) is 5. The van der Waals surface area contributed by atoms with Crippen molar-refractivity contribution in [3.63, 3.8) is 0 Å². The smallest absolute Gasteiger partial charge is 0.251 e. The van der Waals surface area contributed by atoms with Gasteiger partial charge in [0.2, 0.25) is 0 Å². The molecule has 0 unspecified atom stereocenters. The highest BCUT2D eigenvalue weighted by Gasteiger charge is 2.30. The Morgan fingerprint density at radius 1 is 1.06 bits per heavy atom. The van der Waals surface area contributed by atoms with Crippen molar-refractivity contribution in [3.8, 4) is 5.75 Å². The lowest BCUT2D eigenvalue weighted by atomic mass is 10.0. The molecule has 0 spiro atoms.